The number of halogens is 3. The first-order chi connectivity index (χ1) is 13.6. The van der Waals surface area contributed by atoms with Gasteiger partial charge in [0.1, 0.15) is 22.8 Å². The highest BCUT2D eigenvalue weighted by atomic mass is 32.2. The van der Waals surface area contributed by atoms with Gasteiger partial charge in [-0.2, -0.15) is 13.2 Å². The summed E-state index contributed by atoms with van der Waals surface area (Å²) in [5.41, 5.74) is -2.05. The van der Waals surface area contributed by atoms with Crippen LogP contribution in [0.3, 0.4) is 0 Å². The summed E-state index contributed by atoms with van der Waals surface area (Å²) < 4.78 is 55.5. The van der Waals surface area contributed by atoms with E-state index >= 15 is 0 Å². The second-order valence-corrected chi connectivity index (χ2v) is 8.73. The molecular formula is C19H20F3NO5S. The molecule has 3 rings (SSSR count). The van der Waals surface area contributed by atoms with Crippen LogP contribution >= 0.6 is 0 Å². The zero-order chi connectivity index (χ0) is 21.3. The zero-order valence-electron chi connectivity index (χ0n) is 15.6. The van der Waals surface area contributed by atoms with Gasteiger partial charge in [0.15, 0.2) is 5.78 Å². The lowest BCUT2D eigenvalue weighted by atomic mass is 9.83. The van der Waals surface area contributed by atoms with Crippen LogP contribution in [0.1, 0.15) is 41.0 Å². The van der Waals surface area contributed by atoms with Crippen LogP contribution in [0.15, 0.2) is 23.5 Å². The molecule has 10 heteroatoms. The Bertz CT molecular complexity index is 853. The maximum atomic E-state index is 13.1. The Balaban J connectivity index is 1.93. The predicted molar refractivity (Wildman–Crippen MR) is 97.7 cm³/mol. The number of aliphatic hydroxyl groups is 1. The molecule has 1 aromatic heterocycles. The number of rotatable bonds is 7. The van der Waals surface area contributed by atoms with E-state index in [1.54, 1.807) is 0 Å². The maximum Gasteiger partial charge on any atom is 0.433 e. The van der Waals surface area contributed by atoms with Gasteiger partial charge in [-0.05, 0) is 31.4 Å². The highest BCUT2D eigenvalue weighted by Gasteiger charge is 2.44. The third-order valence-corrected chi connectivity index (χ3v) is 5.92. The van der Waals surface area contributed by atoms with Crippen molar-refractivity contribution in [3.8, 4) is 0 Å². The Morgan fingerprint density at radius 3 is 2.69 bits per heavy atom. The molecule has 1 N–H and O–H groups in total. The van der Waals surface area contributed by atoms with Gasteiger partial charge in [-0.3, -0.25) is 9.59 Å². The van der Waals surface area contributed by atoms with Crippen molar-refractivity contribution in [2.75, 3.05) is 18.6 Å². The summed E-state index contributed by atoms with van der Waals surface area (Å²) in [6, 6.07) is 1.62. The summed E-state index contributed by atoms with van der Waals surface area (Å²) in [5, 5.41) is 10.4. The van der Waals surface area contributed by atoms with E-state index in [2.05, 4.69) is 4.98 Å². The fraction of sp³-hybridized carbons (Fsp3) is 0.526. The molecule has 2 aliphatic carbocycles. The number of hydrogen-bond acceptors (Lipinski definition) is 6. The lowest BCUT2D eigenvalue weighted by Gasteiger charge is -2.21. The topological polar surface area (TPSA) is 99.6 Å². The second kappa shape index (κ2) is 8.45. The number of aromatic nitrogens is 1. The average Bonchev–Trinajstić information content (AvgIpc) is 3.10. The molecule has 0 aromatic carbocycles. The number of allylic oxidation sites excluding steroid dienone is 2. The predicted octanol–water partition coefficient (Wildman–Crippen LogP) is 2.99. The molecule has 158 valence electrons. The van der Waals surface area contributed by atoms with Gasteiger partial charge in [0, 0.05) is 17.4 Å². The van der Waals surface area contributed by atoms with Crippen LogP contribution in [0.5, 0.6) is 0 Å². The molecule has 2 bridgehead atoms. The summed E-state index contributed by atoms with van der Waals surface area (Å²) in [4.78, 5) is 29.1. The minimum Gasteiger partial charge on any atom is -0.616 e. The number of ether oxygens (including phenoxy) is 1. The van der Waals surface area contributed by atoms with Crippen molar-refractivity contribution in [2.45, 2.75) is 32.0 Å². The van der Waals surface area contributed by atoms with E-state index < -0.39 is 41.2 Å². The Labute approximate surface area is 168 Å². The number of pyridine rings is 1. The number of alkyl halides is 3. The molecule has 3 unspecified atom stereocenters. The van der Waals surface area contributed by atoms with Gasteiger partial charge in [0.2, 0.25) is 5.78 Å². The van der Waals surface area contributed by atoms with Crippen molar-refractivity contribution in [1.29, 1.82) is 0 Å². The number of hydrogen-bond donors (Lipinski definition) is 1. The SMILES string of the molecule is C[S+]([O-])CCOCc1nc(C(F)(F)F)ccc1C(=O)C1=C(O)C2CCC(C2)C1=O. The number of Topliss-reactive ketones (excluding diaryl/α,β-unsaturated/α-hetero) is 2. The van der Waals surface area contributed by atoms with Gasteiger partial charge in [-0.25, -0.2) is 4.98 Å². The van der Waals surface area contributed by atoms with E-state index in [4.69, 9.17) is 4.74 Å². The van der Waals surface area contributed by atoms with Crippen LogP contribution in [0.2, 0.25) is 0 Å². The highest BCUT2D eigenvalue weighted by Crippen LogP contribution is 2.43. The molecule has 29 heavy (non-hydrogen) atoms. The zero-order valence-corrected chi connectivity index (χ0v) is 16.4. The average molecular weight is 431 g/mol. The third kappa shape index (κ3) is 4.65. The molecule has 0 radical (unpaired) electrons. The molecule has 1 fully saturated rings. The normalized spacial score (nSPS) is 22.9. The van der Waals surface area contributed by atoms with Crippen molar-refractivity contribution < 1.29 is 37.2 Å². The van der Waals surface area contributed by atoms with Gasteiger partial charge >= 0.3 is 6.18 Å². The van der Waals surface area contributed by atoms with Crippen molar-refractivity contribution in [3.05, 3.63) is 40.4 Å². The molecule has 1 heterocycles. The quantitative estimate of drug-likeness (QED) is 0.308. The lowest BCUT2D eigenvalue weighted by molar-refractivity contribution is -0.141. The number of aliphatic hydroxyl groups excluding tert-OH is 1. The molecule has 1 aromatic rings. The Morgan fingerprint density at radius 1 is 1.34 bits per heavy atom. The molecule has 1 saturated carbocycles. The molecule has 0 aliphatic heterocycles. The molecule has 0 saturated heterocycles. The Kier molecular flexibility index (Phi) is 6.35. The van der Waals surface area contributed by atoms with Crippen molar-refractivity contribution in [3.63, 3.8) is 0 Å². The summed E-state index contributed by atoms with van der Waals surface area (Å²) in [6.45, 7) is -0.414. The van der Waals surface area contributed by atoms with Gasteiger partial charge in [0.05, 0.1) is 25.2 Å². The fourth-order valence-corrected chi connectivity index (χ4v) is 4.04. The summed E-state index contributed by atoms with van der Waals surface area (Å²) in [5.74, 6) is -2.06. The summed E-state index contributed by atoms with van der Waals surface area (Å²) in [7, 11) is 0. The van der Waals surface area contributed by atoms with Gasteiger partial charge in [0.25, 0.3) is 0 Å². The minimum absolute atomic E-state index is 0.00565. The number of nitrogens with zero attached hydrogens (tertiary/aromatic N) is 1. The monoisotopic (exact) mass is 431 g/mol. The van der Waals surface area contributed by atoms with E-state index in [0.717, 1.165) is 6.07 Å². The smallest absolute Gasteiger partial charge is 0.433 e. The van der Waals surface area contributed by atoms with Crippen LogP contribution in [0.25, 0.3) is 0 Å². The molecular weight excluding hydrogens is 411 g/mol. The molecule has 0 amide bonds. The van der Waals surface area contributed by atoms with E-state index in [9.17, 15) is 32.4 Å². The van der Waals surface area contributed by atoms with E-state index in [1.165, 1.54) is 6.26 Å². The van der Waals surface area contributed by atoms with Gasteiger partial charge in [-0.1, -0.05) is 11.2 Å². The third-order valence-electron chi connectivity index (χ3n) is 5.18. The first kappa shape index (κ1) is 21.8. The van der Waals surface area contributed by atoms with E-state index in [0.29, 0.717) is 25.3 Å². The van der Waals surface area contributed by atoms with Crippen LogP contribution in [-0.4, -0.2) is 44.8 Å². The Morgan fingerprint density at radius 2 is 2.03 bits per heavy atom. The maximum absolute atomic E-state index is 13.1. The van der Waals surface area contributed by atoms with Crippen LogP contribution in [-0.2, 0) is 33.5 Å². The number of fused-ring (bicyclic) bond motifs is 2. The lowest BCUT2D eigenvalue weighted by Crippen LogP contribution is -2.28. The van der Waals surface area contributed by atoms with Crippen molar-refractivity contribution in [1.82, 2.24) is 4.98 Å². The highest BCUT2D eigenvalue weighted by molar-refractivity contribution is 7.90. The van der Waals surface area contributed by atoms with Crippen molar-refractivity contribution in [2.24, 2.45) is 11.8 Å². The summed E-state index contributed by atoms with van der Waals surface area (Å²) >= 11 is -1.15. The number of carbonyl (C=O) groups excluding carboxylic acids is 2. The first-order valence-corrected chi connectivity index (χ1v) is 10.8. The van der Waals surface area contributed by atoms with Crippen LogP contribution in [0, 0.1) is 11.8 Å². The largest absolute Gasteiger partial charge is 0.616 e. The second-order valence-electron chi connectivity index (χ2n) is 7.18. The number of carbonyl (C=O) groups is 2. The van der Waals surface area contributed by atoms with E-state index in [1.807, 2.05) is 0 Å². The minimum atomic E-state index is -4.72. The standard InChI is InChI=1S/C19H20F3NO5S/c1-29(27)7-6-28-9-13-12(4-5-14(23-13)19(20,21)22)18(26)15-16(24)10-2-3-11(8-10)17(15)25/h4-5,10-11,24H,2-3,6-9H2,1H3. The van der Waals surface area contributed by atoms with Crippen molar-refractivity contribution >= 4 is 22.7 Å². The molecule has 2 aliphatic rings. The number of ketones is 2. The molecule has 6 nitrogen and oxygen atoms in total. The fourth-order valence-electron chi connectivity index (χ4n) is 3.69. The molecule has 0 spiro atoms. The summed E-state index contributed by atoms with van der Waals surface area (Å²) in [6.07, 6.45) is -1.62. The van der Waals surface area contributed by atoms with Crippen LogP contribution < -0.4 is 0 Å². The van der Waals surface area contributed by atoms with Crippen LogP contribution in [0.4, 0.5) is 13.2 Å². The van der Waals surface area contributed by atoms with Gasteiger partial charge < -0.3 is 14.4 Å². The van der Waals surface area contributed by atoms with Gasteiger partial charge in [-0.15, -0.1) is 0 Å². The first-order valence-electron chi connectivity index (χ1n) is 9.06. The van der Waals surface area contributed by atoms with E-state index in [-0.39, 0.29) is 46.8 Å². The molecule has 3 atom stereocenters. The Hall–Kier alpha value is -1.91.